The molecule has 0 atom stereocenters. The zero-order chi connectivity index (χ0) is 17.2. The molecule has 4 aromatic rings. The largest absolute Gasteiger partial charge is 0.352 e. The number of nitrogens with one attached hydrogen (secondary N) is 1. The van der Waals surface area contributed by atoms with Crippen LogP contribution in [0, 0.1) is 0 Å². The SMILES string of the molecule is CC(C)c1cccc(Nc2c(-c3ccncn3)nn3cnccc23)c1. The molecule has 0 saturated carbocycles. The fourth-order valence-electron chi connectivity index (χ4n) is 2.76. The quantitative estimate of drug-likeness (QED) is 0.611. The molecular formula is C19H18N6. The zero-order valence-electron chi connectivity index (χ0n) is 14.1. The van der Waals surface area contributed by atoms with Crippen LogP contribution >= 0.6 is 0 Å². The van der Waals surface area contributed by atoms with Gasteiger partial charge in [-0.15, -0.1) is 0 Å². The van der Waals surface area contributed by atoms with E-state index in [9.17, 15) is 0 Å². The molecule has 4 rings (SSSR count). The molecule has 3 heterocycles. The van der Waals surface area contributed by atoms with Gasteiger partial charge in [-0.25, -0.2) is 19.5 Å². The zero-order valence-corrected chi connectivity index (χ0v) is 14.1. The highest BCUT2D eigenvalue weighted by Gasteiger charge is 2.16. The summed E-state index contributed by atoms with van der Waals surface area (Å²) in [5.74, 6) is 0.469. The molecule has 0 spiro atoms. The number of hydrogen-bond donors (Lipinski definition) is 1. The van der Waals surface area contributed by atoms with Crippen molar-refractivity contribution in [3.63, 3.8) is 0 Å². The first-order valence-electron chi connectivity index (χ1n) is 8.18. The molecule has 0 unspecified atom stereocenters. The first-order chi connectivity index (χ1) is 12.2. The number of hydrogen-bond acceptors (Lipinski definition) is 5. The van der Waals surface area contributed by atoms with Crippen molar-refractivity contribution in [3.05, 3.63) is 67.0 Å². The van der Waals surface area contributed by atoms with Crippen LogP contribution in [0.2, 0.25) is 0 Å². The molecule has 1 aromatic carbocycles. The third kappa shape index (κ3) is 2.94. The Morgan fingerprint density at radius 1 is 1.04 bits per heavy atom. The van der Waals surface area contributed by atoms with Gasteiger partial charge in [-0.1, -0.05) is 26.0 Å². The maximum atomic E-state index is 4.64. The van der Waals surface area contributed by atoms with Crippen LogP contribution in [-0.4, -0.2) is 24.6 Å². The second-order valence-electron chi connectivity index (χ2n) is 6.13. The van der Waals surface area contributed by atoms with Crippen molar-refractivity contribution in [3.8, 4) is 11.4 Å². The Balaban J connectivity index is 1.84. The highest BCUT2D eigenvalue weighted by molar-refractivity contribution is 5.88. The summed E-state index contributed by atoms with van der Waals surface area (Å²) in [6, 6.07) is 12.2. The van der Waals surface area contributed by atoms with Crippen LogP contribution in [0.1, 0.15) is 25.3 Å². The van der Waals surface area contributed by atoms with Crippen LogP contribution in [-0.2, 0) is 0 Å². The molecule has 0 aliphatic carbocycles. The fraction of sp³-hybridized carbons (Fsp3) is 0.158. The van der Waals surface area contributed by atoms with Crippen LogP contribution in [0.4, 0.5) is 11.4 Å². The molecular weight excluding hydrogens is 312 g/mol. The van der Waals surface area contributed by atoms with Gasteiger partial charge in [-0.2, -0.15) is 5.10 Å². The molecule has 0 amide bonds. The Morgan fingerprint density at radius 2 is 1.92 bits per heavy atom. The average Bonchev–Trinajstić information content (AvgIpc) is 3.01. The average molecular weight is 330 g/mol. The maximum absolute atomic E-state index is 4.64. The molecule has 0 radical (unpaired) electrons. The summed E-state index contributed by atoms with van der Waals surface area (Å²) in [7, 11) is 0. The Hall–Kier alpha value is -3.28. The standard InChI is InChI=1S/C19H18N6/c1-13(2)14-4-3-5-15(10-14)23-19-17-7-9-21-12-25(17)24-18(19)16-6-8-20-11-22-16/h3-13,23H,1-2H3. The van der Waals surface area contributed by atoms with E-state index in [1.54, 1.807) is 23.2 Å². The van der Waals surface area contributed by atoms with Crippen LogP contribution in [0.5, 0.6) is 0 Å². The molecule has 0 fully saturated rings. The molecule has 0 bridgehead atoms. The van der Waals surface area contributed by atoms with Crippen molar-refractivity contribution >= 4 is 16.9 Å². The summed E-state index contributed by atoms with van der Waals surface area (Å²) in [6.45, 7) is 4.37. The lowest BCUT2D eigenvalue weighted by molar-refractivity contribution is 0.867. The predicted octanol–water partition coefficient (Wildman–Crippen LogP) is 4.05. The van der Waals surface area contributed by atoms with E-state index in [1.807, 2.05) is 12.1 Å². The Labute approximate surface area is 145 Å². The van der Waals surface area contributed by atoms with Gasteiger partial charge in [-0.05, 0) is 35.7 Å². The van der Waals surface area contributed by atoms with E-state index in [0.717, 1.165) is 28.3 Å². The Bertz CT molecular complexity index is 1010. The number of benzene rings is 1. The van der Waals surface area contributed by atoms with Gasteiger partial charge in [0.25, 0.3) is 0 Å². The van der Waals surface area contributed by atoms with Crippen LogP contribution in [0.3, 0.4) is 0 Å². The maximum Gasteiger partial charge on any atom is 0.135 e. The topological polar surface area (TPSA) is 68.0 Å². The monoisotopic (exact) mass is 330 g/mol. The summed E-state index contributed by atoms with van der Waals surface area (Å²) in [4.78, 5) is 12.5. The van der Waals surface area contributed by atoms with Gasteiger partial charge < -0.3 is 5.32 Å². The first kappa shape index (κ1) is 15.3. The molecule has 124 valence electrons. The summed E-state index contributed by atoms with van der Waals surface area (Å²) in [5.41, 5.74) is 5.69. The third-order valence-electron chi connectivity index (χ3n) is 4.09. The highest BCUT2D eigenvalue weighted by atomic mass is 15.3. The highest BCUT2D eigenvalue weighted by Crippen LogP contribution is 2.32. The predicted molar refractivity (Wildman–Crippen MR) is 97.8 cm³/mol. The minimum Gasteiger partial charge on any atom is -0.352 e. The number of anilines is 2. The van der Waals surface area contributed by atoms with E-state index >= 15 is 0 Å². The smallest absolute Gasteiger partial charge is 0.135 e. The Kier molecular flexibility index (Phi) is 3.85. The van der Waals surface area contributed by atoms with Crippen molar-refractivity contribution in [2.24, 2.45) is 0 Å². The van der Waals surface area contributed by atoms with E-state index in [4.69, 9.17) is 0 Å². The van der Waals surface area contributed by atoms with E-state index < -0.39 is 0 Å². The summed E-state index contributed by atoms with van der Waals surface area (Å²) in [5, 5.41) is 8.16. The van der Waals surface area contributed by atoms with Crippen LogP contribution < -0.4 is 5.32 Å². The second kappa shape index (κ2) is 6.32. The lowest BCUT2D eigenvalue weighted by Crippen LogP contribution is -1.95. The van der Waals surface area contributed by atoms with Crippen molar-refractivity contribution in [1.82, 2.24) is 24.6 Å². The molecule has 6 heteroatoms. The first-order valence-corrected chi connectivity index (χ1v) is 8.18. The van der Waals surface area contributed by atoms with Gasteiger partial charge in [-0.3, -0.25) is 0 Å². The summed E-state index contributed by atoms with van der Waals surface area (Å²) < 4.78 is 1.76. The van der Waals surface area contributed by atoms with E-state index in [2.05, 4.69) is 63.5 Å². The van der Waals surface area contributed by atoms with E-state index in [0.29, 0.717) is 5.92 Å². The van der Waals surface area contributed by atoms with Gasteiger partial charge in [0, 0.05) is 18.1 Å². The lowest BCUT2D eigenvalue weighted by atomic mass is 10.0. The van der Waals surface area contributed by atoms with Crippen molar-refractivity contribution in [2.45, 2.75) is 19.8 Å². The molecule has 25 heavy (non-hydrogen) atoms. The van der Waals surface area contributed by atoms with E-state index in [1.165, 1.54) is 11.9 Å². The van der Waals surface area contributed by atoms with Gasteiger partial charge in [0.2, 0.25) is 0 Å². The summed E-state index contributed by atoms with van der Waals surface area (Å²) >= 11 is 0. The number of aromatic nitrogens is 5. The molecule has 3 aromatic heterocycles. The Morgan fingerprint density at radius 3 is 2.72 bits per heavy atom. The number of rotatable bonds is 4. The fourth-order valence-corrected chi connectivity index (χ4v) is 2.76. The normalized spacial score (nSPS) is 11.2. The van der Waals surface area contributed by atoms with Gasteiger partial charge >= 0.3 is 0 Å². The minimum absolute atomic E-state index is 0.469. The molecule has 0 aliphatic rings. The van der Waals surface area contributed by atoms with Gasteiger partial charge in [0.05, 0.1) is 16.9 Å². The van der Waals surface area contributed by atoms with Crippen molar-refractivity contribution < 1.29 is 0 Å². The van der Waals surface area contributed by atoms with Crippen molar-refractivity contribution in [1.29, 1.82) is 0 Å². The van der Waals surface area contributed by atoms with E-state index in [-0.39, 0.29) is 0 Å². The van der Waals surface area contributed by atoms with Crippen molar-refractivity contribution in [2.75, 3.05) is 5.32 Å². The van der Waals surface area contributed by atoms with Crippen LogP contribution in [0.25, 0.3) is 16.9 Å². The number of fused-ring (bicyclic) bond motifs is 1. The van der Waals surface area contributed by atoms with Gasteiger partial charge in [0.1, 0.15) is 18.3 Å². The molecule has 6 nitrogen and oxygen atoms in total. The third-order valence-corrected chi connectivity index (χ3v) is 4.09. The minimum atomic E-state index is 0.469. The number of nitrogens with zero attached hydrogens (tertiary/aromatic N) is 5. The molecule has 1 N–H and O–H groups in total. The summed E-state index contributed by atoms with van der Waals surface area (Å²) in [6.07, 6.45) is 6.70. The second-order valence-corrected chi connectivity index (χ2v) is 6.13. The lowest BCUT2D eigenvalue weighted by Gasteiger charge is -2.11. The van der Waals surface area contributed by atoms with Crippen LogP contribution in [0.15, 0.2) is 61.4 Å². The molecule has 0 saturated heterocycles. The molecule has 0 aliphatic heterocycles. The van der Waals surface area contributed by atoms with Gasteiger partial charge in [0.15, 0.2) is 0 Å².